The third kappa shape index (κ3) is 1.54. The number of aromatic nitrogens is 1. The number of hydrogen-bond acceptors (Lipinski definition) is 3. The monoisotopic (exact) mass is 157 g/mol. The molecule has 3 nitrogen and oxygen atoms in total. The van der Waals surface area contributed by atoms with Crippen molar-refractivity contribution < 1.29 is 9.90 Å². The number of aliphatic carboxylic acids is 1. The summed E-state index contributed by atoms with van der Waals surface area (Å²) in [5, 5.41) is 8.37. The van der Waals surface area contributed by atoms with E-state index in [0.717, 1.165) is 4.88 Å². The quantitative estimate of drug-likeness (QED) is 0.698. The molecule has 54 valence electrons. The van der Waals surface area contributed by atoms with Gasteiger partial charge in [-0.25, -0.2) is 4.98 Å². The van der Waals surface area contributed by atoms with Gasteiger partial charge < -0.3 is 5.11 Å². The van der Waals surface area contributed by atoms with Gasteiger partial charge in [-0.15, -0.1) is 11.3 Å². The standard InChI is InChI=1S/C6H7NO2S/c1-4-5(2-6(8)9)7-3-10-4/h3H,2H2,1H3,(H,8,9). The average Bonchev–Trinajstić information content (AvgIpc) is 2.15. The van der Waals surface area contributed by atoms with Crippen LogP contribution in [0.3, 0.4) is 0 Å². The number of nitrogens with zero attached hydrogens (tertiary/aromatic N) is 1. The lowest BCUT2D eigenvalue weighted by atomic mass is 10.3. The molecule has 0 atom stereocenters. The molecule has 0 aliphatic heterocycles. The smallest absolute Gasteiger partial charge is 0.309 e. The molecule has 1 N–H and O–H groups in total. The maximum absolute atomic E-state index is 10.2. The van der Waals surface area contributed by atoms with Crippen molar-refractivity contribution in [2.24, 2.45) is 0 Å². The Balaban J connectivity index is 2.74. The molecule has 4 heteroatoms. The van der Waals surface area contributed by atoms with E-state index in [-0.39, 0.29) is 6.42 Å². The van der Waals surface area contributed by atoms with Crippen LogP contribution in [0.2, 0.25) is 0 Å². The second-order valence-electron chi connectivity index (χ2n) is 1.93. The zero-order valence-electron chi connectivity index (χ0n) is 5.50. The van der Waals surface area contributed by atoms with Gasteiger partial charge in [0.2, 0.25) is 0 Å². The molecular weight excluding hydrogens is 150 g/mol. The predicted octanol–water partition coefficient (Wildman–Crippen LogP) is 1.08. The fraction of sp³-hybridized carbons (Fsp3) is 0.333. The first-order chi connectivity index (χ1) is 4.70. The summed E-state index contributed by atoms with van der Waals surface area (Å²) in [7, 11) is 0. The molecule has 10 heavy (non-hydrogen) atoms. The Labute approximate surface area is 62.3 Å². The fourth-order valence-electron chi connectivity index (χ4n) is 0.641. The maximum Gasteiger partial charge on any atom is 0.309 e. The predicted molar refractivity (Wildman–Crippen MR) is 38.2 cm³/mol. The van der Waals surface area contributed by atoms with Crippen LogP contribution in [0.5, 0.6) is 0 Å². The molecule has 0 unspecified atom stereocenters. The van der Waals surface area contributed by atoms with Crippen molar-refractivity contribution in [2.45, 2.75) is 13.3 Å². The van der Waals surface area contributed by atoms with E-state index < -0.39 is 5.97 Å². The van der Waals surface area contributed by atoms with Crippen LogP contribution in [-0.4, -0.2) is 16.1 Å². The van der Waals surface area contributed by atoms with Gasteiger partial charge in [0.15, 0.2) is 0 Å². The lowest BCUT2D eigenvalue weighted by Gasteiger charge is -1.89. The van der Waals surface area contributed by atoms with E-state index >= 15 is 0 Å². The fourth-order valence-corrected chi connectivity index (χ4v) is 1.24. The Bertz CT molecular complexity index is 244. The first-order valence-corrected chi connectivity index (χ1v) is 3.69. The van der Waals surface area contributed by atoms with Crippen LogP contribution >= 0.6 is 11.3 Å². The molecule has 0 aliphatic carbocycles. The summed E-state index contributed by atoms with van der Waals surface area (Å²) in [6, 6.07) is 0. The van der Waals surface area contributed by atoms with Crippen molar-refractivity contribution in [1.29, 1.82) is 0 Å². The summed E-state index contributed by atoms with van der Waals surface area (Å²) in [5.41, 5.74) is 2.34. The zero-order valence-corrected chi connectivity index (χ0v) is 6.31. The Morgan fingerprint density at radius 2 is 2.60 bits per heavy atom. The molecule has 0 bridgehead atoms. The highest BCUT2D eigenvalue weighted by molar-refractivity contribution is 7.09. The van der Waals surface area contributed by atoms with Crippen molar-refractivity contribution in [1.82, 2.24) is 4.98 Å². The Morgan fingerprint density at radius 1 is 1.90 bits per heavy atom. The summed E-state index contributed by atoms with van der Waals surface area (Å²) in [4.78, 5) is 15.1. The van der Waals surface area contributed by atoms with Crippen LogP contribution in [0.4, 0.5) is 0 Å². The Hall–Kier alpha value is -0.900. The molecule has 0 aromatic carbocycles. The van der Waals surface area contributed by atoms with Crippen LogP contribution in [0, 0.1) is 6.92 Å². The molecule has 0 saturated heterocycles. The van der Waals surface area contributed by atoms with Gasteiger partial charge in [-0.3, -0.25) is 4.79 Å². The van der Waals surface area contributed by atoms with Gasteiger partial charge in [0.05, 0.1) is 17.6 Å². The Kier molecular flexibility index (Phi) is 2.01. The van der Waals surface area contributed by atoms with Gasteiger partial charge in [0.25, 0.3) is 0 Å². The Morgan fingerprint density at radius 3 is 3.00 bits per heavy atom. The van der Waals surface area contributed by atoms with E-state index in [9.17, 15) is 4.79 Å². The van der Waals surface area contributed by atoms with Crippen molar-refractivity contribution in [3.8, 4) is 0 Å². The summed E-state index contributed by atoms with van der Waals surface area (Å²) in [6.45, 7) is 1.87. The molecule has 0 fully saturated rings. The molecule has 0 saturated carbocycles. The normalized spacial score (nSPS) is 9.70. The molecule has 1 heterocycles. The van der Waals surface area contributed by atoms with Crippen LogP contribution in [-0.2, 0) is 11.2 Å². The van der Waals surface area contributed by atoms with Gasteiger partial charge in [0.1, 0.15) is 0 Å². The topological polar surface area (TPSA) is 50.2 Å². The molecular formula is C6H7NO2S. The number of carboxylic acid groups (broad SMARTS) is 1. The number of hydrogen-bond donors (Lipinski definition) is 1. The SMILES string of the molecule is Cc1scnc1CC(=O)O. The molecule has 1 aromatic rings. The number of aryl methyl sites for hydroxylation is 1. The van der Waals surface area contributed by atoms with Gasteiger partial charge in [0, 0.05) is 4.88 Å². The summed E-state index contributed by atoms with van der Waals surface area (Å²) < 4.78 is 0. The minimum absolute atomic E-state index is 0.0370. The van der Waals surface area contributed by atoms with E-state index in [1.54, 1.807) is 5.51 Å². The minimum Gasteiger partial charge on any atom is -0.481 e. The maximum atomic E-state index is 10.2. The molecule has 1 rings (SSSR count). The highest BCUT2D eigenvalue weighted by Crippen LogP contribution is 2.11. The van der Waals surface area contributed by atoms with E-state index in [4.69, 9.17) is 5.11 Å². The number of carbonyl (C=O) groups is 1. The summed E-state index contributed by atoms with van der Waals surface area (Å²) in [6.07, 6.45) is 0.0370. The molecule has 0 amide bonds. The van der Waals surface area contributed by atoms with Gasteiger partial charge >= 0.3 is 5.97 Å². The average molecular weight is 157 g/mol. The van der Waals surface area contributed by atoms with Crippen LogP contribution < -0.4 is 0 Å². The molecule has 1 aromatic heterocycles. The highest BCUT2D eigenvalue weighted by atomic mass is 32.1. The number of carboxylic acids is 1. The lowest BCUT2D eigenvalue weighted by Crippen LogP contribution is -2.01. The first-order valence-electron chi connectivity index (χ1n) is 2.81. The largest absolute Gasteiger partial charge is 0.481 e. The second kappa shape index (κ2) is 2.79. The second-order valence-corrected chi connectivity index (χ2v) is 2.98. The summed E-state index contributed by atoms with van der Waals surface area (Å²) >= 11 is 1.47. The van der Waals surface area contributed by atoms with E-state index in [0.29, 0.717) is 5.69 Å². The summed E-state index contributed by atoms with van der Waals surface area (Å²) in [5.74, 6) is -0.825. The van der Waals surface area contributed by atoms with Crippen molar-refractivity contribution >= 4 is 17.3 Å². The van der Waals surface area contributed by atoms with Gasteiger partial charge in [-0.2, -0.15) is 0 Å². The van der Waals surface area contributed by atoms with Gasteiger partial charge in [-0.05, 0) is 6.92 Å². The van der Waals surface area contributed by atoms with Gasteiger partial charge in [-0.1, -0.05) is 0 Å². The first kappa shape index (κ1) is 7.21. The molecule has 0 spiro atoms. The molecule has 0 aliphatic rings. The van der Waals surface area contributed by atoms with E-state index in [1.807, 2.05) is 6.92 Å². The number of rotatable bonds is 2. The van der Waals surface area contributed by atoms with Crippen molar-refractivity contribution in [3.63, 3.8) is 0 Å². The lowest BCUT2D eigenvalue weighted by molar-refractivity contribution is -0.136. The molecule has 0 radical (unpaired) electrons. The third-order valence-corrected chi connectivity index (χ3v) is 1.96. The zero-order chi connectivity index (χ0) is 7.56. The third-order valence-electron chi connectivity index (χ3n) is 1.16. The van der Waals surface area contributed by atoms with E-state index in [1.165, 1.54) is 11.3 Å². The van der Waals surface area contributed by atoms with Crippen LogP contribution in [0.1, 0.15) is 10.6 Å². The van der Waals surface area contributed by atoms with Crippen LogP contribution in [0.15, 0.2) is 5.51 Å². The number of thiazole rings is 1. The van der Waals surface area contributed by atoms with E-state index in [2.05, 4.69) is 4.98 Å². The van der Waals surface area contributed by atoms with Crippen molar-refractivity contribution in [3.05, 3.63) is 16.1 Å². The van der Waals surface area contributed by atoms with Crippen molar-refractivity contribution in [2.75, 3.05) is 0 Å². The highest BCUT2D eigenvalue weighted by Gasteiger charge is 2.05. The minimum atomic E-state index is -0.825. The van der Waals surface area contributed by atoms with Crippen LogP contribution in [0.25, 0.3) is 0 Å².